The average molecular weight is 802 g/mol. The number of carbonyl (C=O) groups is 1. The molecule has 2 unspecified atom stereocenters. The van der Waals surface area contributed by atoms with E-state index in [-0.39, 0.29) is 12.5 Å². The van der Waals surface area contributed by atoms with E-state index in [0.29, 0.717) is 6.42 Å². The van der Waals surface area contributed by atoms with Gasteiger partial charge in [-0.3, -0.25) is 4.79 Å². The van der Waals surface area contributed by atoms with Crippen LogP contribution >= 0.6 is 0 Å². The molecule has 0 aromatic rings. The number of hydrogen-bond donors (Lipinski definition) is 3. The standard InChI is InChI=1S/C53H103NO3/c1-3-5-7-9-11-13-15-16-17-18-19-20-21-22-23-24-25-26-27-28-29-30-31-32-33-34-35-36-37-38-39-41-43-45-47-49-53(57)54-51(50-55)52(56)48-46-44-42-40-14-12-10-8-6-4-2/h18-19,46,48,51-52,55-56H,3-17,20-45,47,49-50H2,1-2H3,(H,54,57)/b19-18-,48-46+. The van der Waals surface area contributed by atoms with Crippen molar-refractivity contribution in [3.63, 3.8) is 0 Å². The number of amides is 1. The molecule has 0 radical (unpaired) electrons. The first kappa shape index (κ1) is 55.9. The molecule has 0 aliphatic rings. The van der Waals surface area contributed by atoms with Gasteiger partial charge in [0, 0.05) is 6.42 Å². The highest BCUT2D eigenvalue weighted by molar-refractivity contribution is 5.76. The summed E-state index contributed by atoms with van der Waals surface area (Å²) in [5.41, 5.74) is 0. The third kappa shape index (κ3) is 45.8. The molecule has 57 heavy (non-hydrogen) atoms. The Morgan fingerprint density at radius 3 is 0.965 bits per heavy atom. The topological polar surface area (TPSA) is 69.6 Å². The van der Waals surface area contributed by atoms with Gasteiger partial charge in [-0.15, -0.1) is 0 Å². The maximum Gasteiger partial charge on any atom is 0.220 e. The van der Waals surface area contributed by atoms with Crippen molar-refractivity contribution in [3.8, 4) is 0 Å². The van der Waals surface area contributed by atoms with Crippen LogP contribution in [0.4, 0.5) is 0 Å². The van der Waals surface area contributed by atoms with Crippen LogP contribution in [0.3, 0.4) is 0 Å². The van der Waals surface area contributed by atoms with Gasteiger partial charge in [-0.05, 0) is 44.9 Å². The Morgan fingerprint density at radius 1 is 0.404 bits per heavy atom. The third-order valence-electron chi connectivity index (χ3n) is 12.2. The van der Waals surface area contributed by atoms with Gasteiger partial charge in [0.25, 0.3) is 0 Å². The Morgan fingerprint density at radius 2 is 0.667 bits per heavy atom. The van der Waals surface area contributed by atoms with Crippen LogP contribution in [0, 0.1) is 0 Å². The van der Waals surface area contributed by atoms with Gasteiger partial charge in [0.2, 0.25) is 5.91 Å². The number of aliphatic hydroxyl groups is 2. The monoisotopic (exact) mass is 802 g/mol. The van der Waals surface area contributed by atoms with Crippen molar-refractivity contribution < 1.29 is 15.0 Å². The minimum absolute atomic E-state index is 0.0609. The molecule has 1 amide bonds. The van der Waals surface area contributed by atoms with Crippen LogP contribution < -0.4 is 5.32 Å². The lowest BCUT2D eigenvalue weighted by molar-refractivity contribution is -0.123. The van der Waals surface area contributed by atoms with Crippen LogP contribution in [0.15, 0.2) is 24.3 Å². The SMILES string of the molecule is CCCCCCCCCC/C=C\CCCCCCCCCCCCCCCCCCCCCCCCCC(=O)NC(CO)C(O)/C=C/CCCCCCCCCC. The van der Waals surface area contributed by atoms with Crippen molar-refractivity contribution >= 4 is 5.91 Å². The molecule has 0 bridgehead atoms. The Kier molecular flexibility index (Phi) is 48.3. The van der Waals surface area contributed by atoms with Crippen LogP contribution in [-0.2, 0) is 4.79 Å². The van der Waals surface area contributed by atoms with Gasteiger partial charge in [-0.2, -0.15) is 0 Å². The van der Waals surface area contributed by atoms with E-state index in [1.807, 2.05) is 6.08 Å². The fourth-order valence-electron chi connectivity index (χ4n) is 8.18. The number of carbonyl (C=O) groups excluding carboxylic acids is 1. The Labute approximate surface area is 358 Å². The van der Waals surface area contributed by atoms with E-state index in [2.05, 4.69) is 31.3 Å². The van der Waals surface area contributed by atoms with Crippen molar-refractivity contribution in [2.75, 3.05) is 6.61 Å². The molecule has 0 aromatic heterocycles. The van der Waals surface area contributed by atoms with Crippen molar-refractivity contribution in [1.82, 2.24) is 5.32 Å². The van der Waals surface area contributed by atoms with Crippen molar-refractivity contribution in [2.45, 2.75) is 302 Å². The molecule has 0 spiro atoms. The average Bonchev–Trinajstić information content (AvgIpc) is 3.22. The van der Waals surface area contributed by atoms with Crippen LogP contribution in [0.2, 0.25) is 0 Å². The van der Waals surface area contributed by atoms with E-state index >= 15 is 0 Å². The first-order valence-corrected chi connectivity index (χ1v) is 26.1. The zero-order valence-electron chi connectivity index (χ0n) is 38.9. The summed E-state index contributed by atoms with van der Waals surface area (Å²) in [6.45, 7) is 4.30. The zero-order valence-corrected chi connectivity index (χ0v) is 38.9. The second-order valence-corrected chi connectivity index (χ2v) is 17.9. The van der Waals surface area contributed by atoms with Crippen LogP contribution in [0.5, 0.6) is 0 Å². The molecule has 0 aromatic carbocycles. The Bertz CT molecular complexity index is 825. The second-order valence-electron chi connectivity index (χ2n) is 17.9. The molecule has 338 valence electrons. The van der Waals surface area contributed by atoms with E-state index in [4.69, 9.17) is 0 Å². The molecule has 4 nitrogen and oxygen atoms in total. The Balaban J connectivity index is 3.36. The molecule has 0 rings (SSSR count). The predicted octanol–water partition coefficient (Wildman–Crippen LogP) is 16.8. The normalized spacial score (nSPS) is 13.0. The lowest BCUT2D eigenvalue weighted by atomic mass is 10.0. The highest BCUT2D eigenvalue weighted by atomic mass is 16.3. The summed E-state index contributed by atoms with van der Waals surface area (Å²) in [6.07, 6.45) is 64.9. The maximum atomic E-state index is 12.4. The maximum absolute atomic E-state index is 12.4. The molecule has 2 atom stereocenters. The van der Waals surface area contributed by atoms with Crippen LogP contribution in [0.25, 0.3) is 0 Å². The summed E-state index contributed by atoms with van der Waals surface area (Å²) in [7, 11) is 0. The van der Waals surface area contributed by atoms with Crippen molar-refractivity contribution in [1.29, 1.82) is 0 Å². The van der Waals surface area contributed by atoms with E-state index in [1.54, 1.807) is 6.08 Å². The fraction of sp³-hybridized carbons (Fsp3) is 0.906. The molecule has 4 heteroatoms. The molecule has 3 N–H and O–H groups in total. The molecule has 0 saturated heterocycles. The van der Waals surface area contributed by atoms with Gasteiger partial charge in [0.05, 0.1) is 18.8 Å². The van der Waals surface area contributed by atoms with Crippen molar-refractivity contribution in [3.05, 3.63) is 24.3 Å². The van der Waals surface area contributed by atoms with Crippen LogP contribution in [-0.4, -0.2) is 34.9 Å². The smallest absolute Gasteiger partial charge is 0.220 e. The number of aliphatic hydroxyl groups excluding tert-OH is 2. The Hall–Kier alpha value is -1.13. The first-order chi connectivity index (χ1) is 28.2. The molecule has 0 aliphatic carbocycles. The van der Waals surface area contributed by atoms with Crippen LogP contribution in [0.1, 0.15) is 290 Å². The quantitative estimate of drug-likeness (QED) is 0.0424. The molecular formula is C53H103NO3. The van der Waals surface area contributed by atoms with Gasteiger partial charge in [0.15, 0.2) is 0 Å². The van der Waals surface area contributed by atoms with E-state index < -0.39 is 12.1 Å². The zero-order chi connectivity index (χ0) is 41.4. The highest BCUT2D eigenvalue weighted by Crippen LogP contribution is 2.17. The number of hydrogen-bond acceptors (Lipinski definition) is 3. The van der Waals surface area contributed by atoms with E-state index in [1.165, 1.54) is 244 Å². The van der Waals surface area contributed by atoms with Gasteiger partial charge < -0.3 is 15.5 Å². The van der Waals surface area contributed by atoms with E-state index in [9.17, 15) is 15.0 Å². The number of rotatable bonds is 48. The molecule has 0 heterocycles. The summed E-state index contributed by atoms with van der Waals surface area (Å²) in [5, 5.41) is 23.0. The summed E-state index contributed by atoms with van der Waals surface area (Å²) in [4.78, 5) is 12.4. The summed E-state index contributed by atoms with van der Waals surface area (Å²) in [5.74, 6) is -0.0609. The summed E-state index contributed by atoms with van der Waals surface area (Å²) < 4.78 is 0. The fourth-order valence-corrected chi connectivity index (χ4v) is 8.18. The second kappa shape index (κ2) is 49.2. The van der Waals surface area contributed by atoms with Crippen molar-refractivity contribution in [2.24, 2.45) is 0 Å². The summed E-state index contributed by atoms with van der Waals surface area (Å²) >= 11 is 0. The first-order valence-electron chi connectivity index (χ1n) is 26.1. The molecule has 0 fully saturated rings. The minimum atomic E-state index is -0.834. The van der Waals surface area contributed by atoms with Gasteiger partial charge in [-0.25, -0.2) is 0 Å². The highest BCUT2D eigenvalue weighted by Gasteiger charge is 2.18. The molecule has 0 aliphatic heterocycles. The predicted molar refractivity (Wildman–Crippen MR) is 253 cm³/mol. The van der Waals surface area contributed by atoms with E-state index in [0.717, 1.165) is 25.7 Å². The largest absolute Gasteiger partial charge is 0.394 e. The van der Waals surface area contributed by atoms with Gasteiger partial charge in [-0.1, -0.05) is 263 Å². The number of unbranched alkanes of at least 4 members (excludes halogenated alkanes) is 39. The summed E-state index contributed by atoms with van der Waals surface area (Å²) in [6, 6.07) is -0.617. The minimum Gasteiger partial charge on any atom is -0.394 e. The molecular weight excluding hydrogens is 699 g/mol. The lowest BCUT2D eigenvalue weighted by Crippen LogP contribution is -2.45. The van der Waals surface area contributed by atoms with Gasteiger partial charge >= 0.3 is 0 Å². The lowest BCUT2D eigenvalue weighted by Gasteiger charge is -2.20. The number of nitrogens with one attached hydrogen (secondary N) is 1. The number of allylic oxidation sites excluding steroid dienone is 3. The molecule has 0 saturated carbocycles. The third-order valence-corrected chi connectivity index (χ3v) is 12.2. The van der Waals surface area contributed by atoms with Gasteiger partial charge in [0.1, 0.15) is 0 Å².